The van der Waals surface area contributed by atoms with Crippen LogP contribution in [0.5, 0.6) is 0 Å². The van der Waals surface area contributed by atoms with Crippen LogP contribution < -0.4 is 0 Å². The number of benzene rings is 1. The number of unbranched alkanes of at least 4 members (excludes halogenated alkanes) is 9. The zero-order valence-corrected chi connectivity index (χ0v) is 14.6. The van der Waals surface area contributed by atoms with Crippen molar-refractivity contribution in [3.05, 3.63) is 29.3 Å². The first-order chi connectivity index (χ1) is 11.1. The van der Waals surface area contributed by atoms with Gasteiger partial charge in [-0.25, -0.2) is 17.6 Å². The summed E-state index contributed by atoms with van der Waals surface area (Å²) in [6, 6.07) is 0.245. The van der Waals surface area contributed by atoms with Gasteiger partial charge in [0.25, 0.3) is 0 Å². The van der Waals surface area contributed by atoms with Crippen molar-refractivity contribution in [1.82, 2.24) is 0 Å². The minimum atomic E-state index is -1.34. The van der Waals surface area contributed by atoms with Crippen LogP contribution in [0.15, 0.2) is 11.0 Å². The van der Waals surface area contributed by atoms with Gasteiger partial charge >= 0.3 is 0 Å². The lowest BCUT2D eigenvalue weighted by Crippen LogP contribution is -1.98. The van der Waals surface area contributed by atoms with E-state index < -0.39 is 28.2 Å². The van der Waals surface area contributed by atoms with Gasteiger partial charge in [0, 0.05) is 6.07 Å². The molecule has 0 saturated heterocycles. The molecule has 5 heteroatoms. The van der Waals surface area contributed by atoms with Crippen molar-refractivity contribution < 1.29 is 17.6 Å². The Morgan fingerprint density at radius 1 is 0.696 bits per heavy atom. The van der Waals surface area contributed by atoms with Crippen molar-refractivity contribution in [2.24, 2.45) is 0 Å². The summed E-state index contributed by atoms with van der Waals surface area (Å²) in [6.45, 7) is 2.20. The van der Waals surface area contributed by atoms with E-state index in [4.69, 9.17) is 0 Å². The molecule has 0 aliphatic rings. The first-order valence-corrected chi connectivity index (χ1v) is 9.52. The Hall–Kier alpha value is -0.710. The highest BCUT2D eigenvalue weighted by Gasteiger charge is 2.19. The highest BCUT2D eigenvalue weighted by atomic mass is 32.2. The lowest BCUT2D eigenvalue weighted by Gasteiger charge is -2.06. The van der Waals surface area contributed by atoms with Gasteiger partial charge in [0.2, 0.25) is 0 Å². The summed E-state index contributed by atoms with van der Waals surface area (Å²) < 4.78 is 53.0. The van der Waals surface area contributed by atoms with Crippen LogP contribution in [0, 0.1) is 23.3 Å². The van der Waals surface area contributed by atoms with E-state index in [-0.39, 0.29) is 6.07 Å². The van der Waals surface area contributed by atoms with Gasteiger partial charge in [-0.3, -0.25) is 0 Å². The zero-order valence-electron chi connectivity index (χ0n) is 13.8. The quantitative estimate of drug-likeness (QED) is 0.165. The highest BCUT2D eigenvalue weighted by Crippen LogP contribution is 2.29. The number of halogens is 4. The van der Waals surface area contributed by atoms with Gasteiger partial charge in [0.05, 0.1) is 4.90 Å². The molecule has 0 unspecified atom stereocenters. The summed E-state index contributed by atoms with van der Waals surface area (Å²) in [7, 11) is 0. The average molecular weight is 350 g/mol. The van der Waals surface area contributed by atoms with E-state index in [1.54, 1.807) is 0 Å². The monoisotopic (exact) mass is 350 g/mol. The van der Waals surface area contributed by atoms with E-state index >= 15 is 0 Å². The van der Waals surface area contributed by atoms with Crippen molar-refractivity contribution in [3.8, 4) is 0 Å². The Labute approximate surface area is 141 Å². The molecule has 0 aromatic heterocycles. The molecule has 0 N–H and O–H groups in total. The van der Waals surface area contributed by atoms with Crippen LogP contribution in [-0.4, -0.2) is 5.75 Å². The molecule has 0 spiro atoms. The molecule has 132 valence electrons. The fourth-order valence-electron chi connectivity index (χ4n) is 2.44. The van der Waals surface area contributed by atoms with Crippen molar-refractivity contribution in [1.29, 1.82) is 0 Å². The van der Waals surface area contributed by atoms with Crippen LogP contribution in [0.25, 0.3) is 0 Å². The third-order valence-electron chi connectivity index (χ3n) is 3.82. The molecule has 0 aliphatic heterocycles. The fraction of sp³-hybridized carbons (Fsp3) is 0.667. The maximum absolute atomic E-state index is 13.4. The summed E-state index contributed by atoms with van der Waals surface area (Å²) in [5.41, 5.74) is 0. The number of thioether (sulfide) groups is 1. The normalized spacial score (nSPS) is 11.2. The van der Waals surface area contributed by atoms with E-state index in [9.17, 15) is 17.6 Å². The number of hydrogen-bond donors (Lipinski definition) is 0. The molecule has 0 nitrogen and oxygen atoms in total. The smallest absolute Gasteiger partial charge is 0.175 e. The molecule has 1 aromatic carbocycles. The SMILES string of the molecule is CCCCCCCCCCCCSc1c(F)c(F)cc(F)c1F. The lowest BCUT2D eigenvalue weighted by atomic mass is 10.1. The summed E-state index contributed by atoms with van der Waals surface area (Å²) in [5.74, 6) is -4.79. The first kappa shape index (κ1) is 20.3. The molecule has 1 aromatic rings. The maximum Gasteiger partial charge on any atom is 0.175 e. The third-order valence-corrected chi connectivity index (χ3v) is 4.96. The predicted octanol–water partition coefficient (Wildman–Crippen LogP) is 7.26. The Morgan fingerprint density at radius 2 is 1.13 bits per heavy atom. The van der Waals surface area contributed by atoms with E-state index in [1.807, 2.05) is 0 Å². The van der Waals surface area contributed by atoms with E-state index in [1.165, 1.54) is 44.9 Å². The number of rotatable bonds is 12. The standard InChI is InChI=1S/C18H26F4S/c1-2-3-4-5-6-7-8-9-10-11-12-23-18-16(21)14(19)13-15(20)17(18)22/h13H,2-12H2,1H3. The molecule has 0 amide bonds. The van der Waals surface area contributed by atoms with Gasteiger partial charge in [-0.05, 0) is 12.2 Å². The molecule has 0 heterocycles. The van der Waals surface area contributed by atoms with Gasteiger partial charge in [0.1, 0.15) is 0 Å². The van der Waals surface area contributed by atoms with Crippen LogP contribution in [0.2, 0.25) is 0 Å². The second kappa shape index (κ2) is 11.8. The zero-order chi connectivity index (χ0) is 17.1. The summed E-state index contributed by atoms with van der Waals surface area (Å²) in [6.07, 6.45) is 11.7. The van der Waals surface area contributed by atoms with Gasteiger partial charge in [-0.2, -0.15) is 0 Å². The van der Waals surface area contributed by atoms with Gasteiger partial charge in [-0.1, -0.05) is 64.7 Å². The molecular formula is C18H26F4S. The van der Waals surface area contributed by atoms with Crippen molar-refractivity contribution in [3.63, 3.8) is 0 Å². The topological polar surface area (TPSA) is 0 Å². The molecule has 0 fully saturated rings. The molecule has 23 heavy (non-hydrogen) atoms. The summed E-state index contributed by atoms with van der Waals surface area (Å²) in [5, 5.41) is 0. The van der Waals surface area contributed by atoms with Gasteiger partial charge < -0.3 is 0 Å². The largest absolute Gasteiger partial charge is 0.204 e. The first-order valence-electron chi connectivity index (χ1n) is 8.53. The van der Waals surface area contributed by atoms with E-state index in [0.717, 1.165) is 31.0 Å². The van der Waals surface area contributed by atoms with E-state index in [0.29, 0.717) is 5.75 Å². The average Bonchev–Trinajstić information content (AvgIpc) is 2.53. The molecule has 0 saturated carbocycles. The predicted molar refractivity (Wildman–Crippen MR) is 88.8 cm³/mol. The van der Waals surface area contributed by atoms with Crippen molar-refractivity contribution in [2.45, 2.75) is 76.0 Å². The lowest BCUT2D eigenvalue weighted by molar-refractivity contribution is 0.426. The minimum absolute atomic E-state index is 0.245. The molecule has 1 rings (SSSR count). The van der Waals surface area contributed by atoms with Crippen LogP contribution >= 0.6 is 11.8 Å². The maximum atomic E-state index is 13.4. The number of hydrogen-bond acceptors (Lipinski definition) is 1. The Bertz CT molecular complexity index is 437. The second-order valence-electron chi connectivity index (χ2n) is 5.83. The Kier molecular flexibility index (Phi) is 10.4. The molecule has 0 bridgehead atoms. The third kappa shape index (κ3) is 7.60. The minimum Gasteiger partial charge on any atom is -0.204 e. The fourth-order valence-corrected chi connectivity index (χ4v) is 3.44. The molecular weight excluding hydrogens is 324 g/mol. The summed E-state index contributed by atoms with van der Waals surface area (Å²) in [4.78, 5) is -0.543. The molecule has 0 atom stereocenters. The summed E-state index contributed by atoms with van der Waals surface area (Å²) >= 11 is 0.849. The van der Waals surface area contributed by atoms with Crippen LogP contribution in [0.3, 0.4) is 0 Å². The highest BCUT2D eigenvalue weighted by molar-refractivity contribution is 7.99. The van der Waals surface area contributed by atoms with Gasteiger partial charge in [0.15, 0.2) is 23.3 Å². The molecule has 0 aliphatic carbocycles. The van der Waals surface area contributed by atoms with E-state index in [2.05, 4.69) is 6.92 Å². The van der Waals surface area contributed by atoms with Crippen molar-refractivity contribution in [2.75, 3.05) is 5.75 Å². The van der Waals surface area contributed by atoms with Crippen LogP contribution in [0.1, 0.15) is 71.1 Å². The van der Waals surface area contributed by atoms with Crippen molar-refractivity contribution >= 4 is 11.8 Å². The second-order valence-corrected chi connectivity index (χ2v) is 6.93. The van der Waals surface area contributed by atoms with Gasteiger partial charge in [-0.15, -0.1) is 11.8 Å². The van der Waals surface area contributed by atoms with Crippen LogP contribution in [0.4, 0.5) is 17.6 Å². The molecule has 0 radical (unpaired) electrons. The Balaban J connectivity index is 2.12. The Morgan fingerprint density at radius 3 is 1.61 bits per heavy atom. The van der Waals surface area contributed by atoms with Crippen LogP contribution in [-0.2, 0) is 0 Å².